The molecule has 7 aliphatic rings. The molecule has 7 rings (SSSR count). The largest absolute Gasteiger partial charge is 0.481 e. The molecule has 0 saturated carbocycles. The van der Waals surface area contributed by atoms with Crippen LogP contribution in [0.25, 0.3) is 0 Å². The van der Waals surface area contributed by atoms with Crippen molar-refractivity contribution in [1.29, 1.82) is 0 Å². The van der Waals surface area contributed by atoms with Crippen molar-refractivity contribution < 1.29 is 117 Å². The lowest BCUT2D eigenvalue weighted by Gasteiger charge is -2.34. The molecule has 7 heterocycles. The maximum Gasteiger partial charge on any atom is 0.326 e. The Bertz CT molecular complexity index is 3470. The number of aliphatic hydroxyl groups is 3. The van der Waals surface area contributed by atoms with Crippen molar-refractivity contribution in [3.8, 4) is 0 Å². The second kappa shape index (κ2) is 38.6. The molecule has 7 saturated heterocycles. The number of carboxylic acid groups (broad SMARTS) is 3. The molecule has 7 aliphatic heterocycles. The molecule has 15 amide bonds. The van der Waals surface area contributed by atoms with E-state index < -0.39 is 247 Å². The Morgan fingerprint density at radius 3 is 1.16 bits per heavy atom. The van der Waals surface area contributed by atoms with E-state index in [9.17, 15) is 117 Å². The first-order chi connectivity index (χ1) is 51.4. The van der Waals surface area contributed by atoms with E-state index in [1.807, 2.05) is 0 Å². The van der Waals surface area contributed by atoms with Gasteiger partial charge in [-0.05, 0) is 137 Å². The smallest absolute Gasteiger partial charge is 0.326 e. The summed E-state index contributed by atoms with van der Waals surface area (Å²) in [6.45, 7) is 9.02. The summed E-state index contributed by atoms with van der Waals surface area (Å²) >= 11 is 0. The van der Waals surface area contributed by atoms with Crippen LogP contribution in [0.3, 0.4) is 0 Å². The zero-order chi connectivity index (χ0) is 80.7. The fraction of sp³-hybridized carbons (Fsp3) is 0.739. The Kier molecular flexibility index (Phi) is 30.6. The molecule has 7 fully saturated rings. The number of carbonyl (C=O) groups is 18. The summed E-state index contributed by atoms with van der Waals surface area (Å²) < 4.78 is 0. The number of carbonyl (C=O) groups excluding carboxylic acids is 15. The molecular formula is C69H106N16O24. The van der Waals surface area contributed by atoms with Gasteiger partial charge in [0, 0.05) is 52.2 Å². The molecule has 606 valence electrons. The highest BCUT2D eigenvalue weighted by molar-refractivity contribution is 6.02. The van der Waals surface area contributed by atoms with E-state index in [1.54, 1.807) is 13.8 Å². The number of nitrogens with zero attached hydrogens (tertiary/aromatic N) is 7. The van der Waals surface area contributed by atoms with Gasteiger partial charge in [-0.2, -0.15) is 0 Å². The number of nitrogens with two attached hydrogens (primary N) is 1. The Morgan fingerprint density at radius 1 is 0.358 bits per heavy atom. The third kappa shape index (κ3) is 21.2. The lowest BCUT2D eigenvalue weighted by Crippen LogP contribution is -2.63. The number of hydrogen-bond acceptors (Lipinski definition) is 22. The molecule has 0 unspecified atom stereocenters. The van der Waals surface area contributed by atoms with Gasteiger partial charge in [-0.3, -0.25) is 81.5 Å². The van der Waals surface area contributed by atoms with Crippen LogP contribution in [0.4, 0.5) is 0 Å². The van der Waals surface area contributed by atoms with E-state index in [1.165, 1.54) is 50.2 Å². The summed E-state index contributed by atoms with van der Waals surface area (Å²) in [6, 6.07) is -21.5. The number of hydrogen-bond donors (Lipinski definition) is 15. The number of carboxylic acids is 3. The molecule has 0 spiro atoms. The van der Waals surface area contributed by atoms with Crippen molar-refractivity contribution in [3.05, 3.63) is 0 Å². The van der Waals surface area contributed by atoms with Crippen molar-refractivity contribution in [2.24, 2.45) is 11.7 Å². The van der Waals surface area contributed by atoms with Gasteiger partial charge in [0.25, 0.3) is 0 Å². The lowest BCUT2D eigenvalue weighted by molar-refractivity contribution is -0.152. The van der Waals surface area contributed by atoms with Crippen LogP contribution in [0.15, 0.2) is 0 Å². The van der Waals surface area contributed by atoms with Crippen LogP contribution in [-0.2, 0) is 86.3 Å². The number of nitrogens with one attached hydrogen (secondary N) is 8. The van der Waals surface area contributed by atoms with Crippen LogP contribution >= 0.6 is 0 Å². The van der Waals surface area contributed by atoms with Crippen LogP contribution in [-0.4, -0.2) is 333 Å². The van der Waals surface area contributed by atoms with Gasteiger partial charge in [-0.25, -0.2) is 4.79 Å². The second-order valence-corrected chi connectivity index (χ2v) is 29.5. The molecule has 109 heavy (non-hydrogen) atoms. The molecule has 0 bridgehead atoms. The highest BCUT2D eigenvalue weighted by Gasteiger charge is 2.49. The highest BCUT2D eigenvalue weighted by atomic mass is 16.4. The zero-order valence-corrected chi connectivity index (χ0v) is 62.4. The normalized spacial score (nSPS) is 24.3. The summed E-state index contributed by atoms with van der Waals surface area (Å²) in [5.41, 5.74) is 5.81. The van der Waals surface area contributed by atoms with Crippen LogP contribution in [0.5, 0.6) is 0 Å². The van der Waals surface area contributed by atoms with Gasteiger partial charge in [-0.1, -0.05) is 13.8 Å². The minimum atomic E-state index is -1.84. The first kappa shape index (κ1) is 86.5. The molecule has 0 radical (unpaired) electrons. The summed E-state index contributed by atoms with van der Waals surface area (Å²) in [6.07, 6.45) is -1.36. The number of aliphatic hydroxyl groups excluding tert-OH is 3. The van der Waals surface area contributed by atoms with Gasteiger partial charge in [0.1, 0.15) is 90.6 Å². The minimum Gasteiger partial charge on any atom is -0.481 e. The maximum atomic E-state index is 14.6. The van der Waals surface area contributed by atoms with Crippen molar-refractivity contribution in [2.75, 3.05) is 52.4 Å². The fourth-order valence-corrected chi connectivity index (χ4v) is 15.3. The maximum absolute atomic E-state index is 14.6. The highest BCUT2D eigenvalue weighted by Crippen LogP contribution is 2.30. The quantitative estimate of drug-likeness (QED) is 0.0290. The Hall–Kier alpha value is -9.70. The Labute approximate surface area is 628 Å². The van der Waals surface area contributed by atoms with Gasteiger partial charge >= 0.3 is 17.9 Å². The average Bonchev–Trinajstić information content (AvgIpc) is 1.64. The summed E-state index contributed by atoms with van der Waals surface area (Å²) in [4.78, 5) is 252. The third-order valence-corrected chi connectivity index (χ3v) is 21.2. The topological polar surface area (TPSA) is 574 Å². The standard InChI is InChI=1S/C69H106N16O24/c1-33(2)51(76-58(97)44-17-10-26-81(44)66(105)46-19-12-28-83(46)62(101)36(5)73-56(95)42-15-9-25-80(42)64(103)40(22-23-49(89)90)74-57(96)43-16-8-24-79(43)63(102)39(70)31-50(91)92)68(107)82-27-11-18-45(82)59(98)77-53(38(7)88)61(100)78-52(37(6)87)60(99)72-34(3)54(93)71-35(4)55(94)75-41(32-86)65(104)84-29-13-20-47(84)67(106)85-30-14-21-48(85)69(108)109/h33-48,51-53,86-88H,8-32,70H2,1-7H3,(H,71,93)(H,72,99)(H,73,95)(H,74,96)(H,75,94)(H,76,97)(H,77,98)(H,78,100)(H,89,90)(H,91,92)(H,108,109)/t34-,35-,36-,37+,38+,39-,40-,41-,42-,43-,44-,45-,46-,47-,48-,51-,52-,53-/m0/s1. The first-order valence-corrected chi connectivity index (χ1v) is 37.4. The monoisotopic (exact) mass is 1540 g/mol. The second-order valence-electron chi connectivity index (χ2n) is 29.5. The minimum absolute atomic E-state index is 0.0102. The molecule has 0 aromatic rings. The van der Waals surface area contributed by atoms with E-state index in [2.05, 4.69) is 42.5 Å². The molecule has 40 nitrogen and oxygen atoms in total. The van der Waals surface area contributed by atoms with E-state index in [-0.39, 0.29) is 97.2 Å². The van der Waals surface area contributed by atoms with Gasteiger partial charge in [-0.15, -0.1) is 0 Å². The van der Waals surface area contributed by atoms with Gasteiger partial charge in [0.15, 0.2) is 0 Å². The molecular weight excluding hydrogens is 1440 g/mol. The predicted molar refractivity (Wildman–Crippen MR) is 376 cm³/mol. The van der Waals surface area contributed by atoms with Gasteiger partial charge < -0.3 is 113 Å². The number of amides is 15. The van der Waals surface area contributed by atoms with E-state index >= 15 is 0 Å². The first-order valence-electron chi connectivity index (χ1n) is 37.4. The number of rotatable bonds is 33. The van der Waals surface area contributed by atoms with Crippen LogP contribution in [0, 0.1) is 5.92 Å². The number of likely N-dealkylation sites (tertiary alicyclic amines) is 7. The summed E-state index contributed by atoms with van der Waals surface area (Å²) in [5, 5.41) is 79.8. The van der Waals surface area contributed by atoms with Gasteiger partial charge in [0.2, 0.25) is 88.6 Å². The van der Waals surface area contributed by atoms with Gasteiger partial charge in [0.05, 0.1) is 31.3 Å². The molecule has 18 atom stereocenters. The van der Waals surface area contributed by atoms with Crippen molar-refractivity contribution in [3.63, 3.8) is 0 Å². The van der Waals surface area contributed by atoms with Crippen LogP contribution in [0.2, 0.25) is 0 Å². The van der Waals surface area contributed by atoms with E-state index in [0.29, 0.717) is 38.5 Å². The van der Waals surface area contributed by atoms with E-state index in [0.717, 1.165) is 18.7 Å². The molecule has 0 aliphatic carbocycles. The molecule has 0 aromatic carbocycles. The van der Waals surface area contributed by atoms with Crippen molar-refractivity contribution in [1.82, 2.24) is 76.8 Å². The SMILES string of the molecule is CC(C)[C@H](NC(=O)[C@@H]1CCCN1C(=O)[C@@H]1CCCN1C(=O)[C@H](C)NC(=O)[C@@H]1CCCN1C(=O)[C@H](CCC(=O)O)NC(=O)[C@@H]1CCCN1C(=O)[C@@H](N)CC(=O)O)C(=O)N1CCC[C@H]1C(=O)N[C@H](C(=O)N[C@H](C(=O)N[C@@H](C)C(=O)N[C@@H](C)C(=O)N[C@@H](CO)C(=O)N1CCC[C@H]1C(=O)N1CCC[C@H]1C(=O)O)[C@@H](C)O)[C@@H](C)O. The molecule has 16 N–H and O–H groups in total. The Morgan fingerprint density at radius 2 is 0.706 bits per heavy atom. The molecule has 40 heteroatoms. The van der Waals surface area contributed by atoms with Crippen LogP contribution < -0.4 is 48.3 Å². The fourth-order valence-electron chi connectivity index (χ4n) is 15.3. The molecule has 0 aromatic heterocycles. The zero-order valence-electron chi connectivity index (χ0n) is 62.4. The van der Waals surface area contributed by atoms with E-state index in [4.69, 9.17) is 5.73 Å². The Balaban J connectivity index is 0.902. The van der Waals surface area contributed by atoms with Crippen molar-refractivity contribution >= 4 is 107 Å². The third-order valence-electron chi connectivity index (χ3n) is 21.2. The lowest BCUT2D eigenvalue weighted by atomic mass is 10.0. The summed E-state index contributed by atoms with van der Waals surface area (Å²) in [5.74, 6) is -16.7. The predicted octanol–water partition coefficient (Wildman–Crippen LogP) is -6.98. The van der Waals surface area contributed by atoms with Crippen LogP contribution in [0.1, 0.15) is 158 Å². The van der Waals surface area contributed by atoms with Crippen molar-refractivity contribution in [2.45, 2.75) is 266 Å². The average molecular weight is 1540 g/mol. The number of aliphatic carboxylic acids is 3. The summed E-state index contributed by atoms with van der Waals surface area (Å²) in [7, 11) is 0.